The number of anilines is 1. The third-order valence-corrected chi connectivity index (χ3v) is 4.20. The molecule has 0 unspecified atom stereocenters. The lowest BCUT2D eigenvalue weighted by Crippen LogP contribution is -2.53. The second-order valence-corrected chi connectivity index (χ2v) is 5.29. The van der Waals surface area contributed by atoms with E-state index in [4.69, 9.17) is 0 Å². The first-order valence-electron chi connectivity index (χ1n) is 7.00. The van der Waals surface area contributed by atoms with Gasteiger partial charge in [0.1, 0.15) is 0 Å². The molecule has 0 amide bonds. The Labute approximate surface area is 104 Å². The van der Waals surface area contributed by atoms with Gasteiger partial charge >= 0.3 is 0 Å². The van der Waals surface area contributed by atoms with Crippen LogP contribution in [0.3, 0.4) is 0 Å². The van der Waals surface area contributed by atoms with Crippen LogP contribution >= 0.6 is 0 Å². The van der Waals surface area contributed by atoms with Crippen molar-refractivity contribution in [3.8, 4) is 0 Å². The maximum Gasteiger partial charge on any atom is 0.0443 e. The highest BCUT2D eigenvalue weighted by Gasteiger charge is 2.31. The predicted octanol–water partition coefficient (Wildman–Crippen LogP) is 2.80. The molecular formula is C15H22N2. The van der Waals surface area contributed by atoms with Gasteiger partial charge in [-0.3, -0.25) is 0 Å². The number of para-hydroxylation sites is 1. The lowest BCUT2D eigenvalue weighted by molar-refractivity contribution is 0.350. The average Bonchev–Trinajstić information content (AvgIpc) is 2.64. The molecular weight excluding hydrogens is 208 g/mol. The fourth-order valence-electron chi connectivity index (χ4n) is 3.36. The Morgan fingerprint density at radius 3 is 2.76 bits per heavy atom. The lowest BCUT2D eigenvalue weighted by atomic mass is 9.93. The van der Waals surface area contributed by atoms with E-state index in [1.54, 1.807) is 0 Å². The van der Waals surface area contributed by atoms with Crippen LogP contribution in [0.15, 0.2) is 30.3 Å². The number of nitrogens with one attached hydrogen (secondary N) is 1. The van der Waals surface area contributed by atoms with Gasteiger partial charge in [-0.2, -0.15) is 0 Å². The topological polar surface area (TPSA) is 15.3 Å². The number of nitrogens with zero attached hydrogens (tertiary/aromatic N) is 1. The largest absolute Gasteiger partial charge is 0.367 e. The van der Waals surface area contributed by atoms with Gasteiger partial charge in [0.05, 0.1) is 0 Å². The van der Waals surface area contributed by atoms with Gasteiger partial charge in [-0.05, 0) is 44.4 Å². The Morgan fingerprint density at radius 1 is 1.00 bits per heavy atom. The van der Waals surface area contributed by atoms with Gasteiger partial charge in [0.2, 0.25) is 0 Å². The van der Waals surface area contributed by atoms with Crippen LogP contribution in [0.5, 0.6) is 0 Å². The zero-order chi connectivity index (χ0) is 11.5. The monoisotopic (exact) mass is 230 g/mol. The fraction of sp³-hybridized carbons (Fsp3) is 0.600. The summed E-state index contributed by atoms with van der Waals surface area (Å²) in [7, 11) is 0. The summed E-state index contributed by atoms with van der Waals surface area (Å²) in [4.78, 5) is 2.63. The van der Waals surface area contributed by atoms with Crippen LogP contribution in [0.1, 0.15) is 32.1 Å². The molecule has 2 nitrogen and oxygen atoms in total. The van der Waals surface area contributed by atoms with E-state index in [1.165, 1.54) is 50.9 Å². The van der Waals surface area contributed by atoms with Crippen molar-refractivity contribution < 1.29 is 0 Å². The standard InChI is InChI=1S/C15H22N2/c1-2-7-13(8-3-1)17-12-6-9-14-15(17)10-4-5-11-16-14/h1-3,7-8,14-16H,4-6,9-12H2/t14-,15-/m1/s1. The second kappa shape index (κ2) is 5.09. The molecule has 3 rings (SSSR count). The third-order valence-electron chi connectivity index (χ3n) is 4.20. The van der Waals surface area contributed by atoms with Crippen LogP contribution in [0.2, 0.25) is 0 Å². The zero-order valence-corrected chi connectivity index (χ0v) is 10.4. The summed E-state index contributed by atoms with van der Waals surface area (Å²) < 4.78 is 0. The van der Waals surface area contributed by atoms with E-state index in [2.05, 4.69) is 40.5 Å². The molecule has 2 saturated heterocycles. The summed E-state index contributed by atoms with van der Waals surface area (Å²) in [6, 6.07) is 12.4. The first kappa shape index (κ1) is 11.1. The number of piperidine rings is 1. The van der Waals surface area contributed by atoms with Crippen molar-refractivity contribution in [2.24, 2.45) is 0 Å². The molecule has 2 aliphatic heterocycles. The normalized spacial score (nSPS) is 29.5. The minimum atomic E-state index is 0.714. The summed E-state index contributed by atoms with van der Waals surface area (Å²) in [5, 5.41) is 3.74. The van der Waals surface area contributed by atoms with Crippen molar-refractivity contribution in [1.29, 1.82) is 0 Å². The molecule has 2 heterocycles. The highest BCUT2D eigenvalue weighted by molar-refractivity contribution is 5.48. The van der Waals surface area contributed by atoms with Gasteiger partial charge in [-0.25, -0.2) is 0 Å². The van der Waals surface area contributed by atoms with Gasteiger partial charge in [0.15, 0.2) is 0 Å². The summed E-state index contributed by atoms with van der Waals surface area (Å²) >= 11 is 0. The highest BCUT2D eigenvalue weighted by Crippen LogP contribution is 2.29. The first-order chi connectivity index (χ1) is 8.45. The molecule has 17 heavy (non-hydrogen) atoms. The number of hydrogen-bond donors (Lipinski definition) is 1. The van der Waals surface area contributed by atoms with Crippen molar-refractivity contribution in [3.63, 3.8) is 0 Å². The van der Waals surface area contributed by atoms with Crippen molar-refractivity contribution >= 4 is 5.69 Å². The Morgan fingerprint density at radius 2 is 1.88 bits per heavy atom. The van der Waals surface area contributed by atoms with E-state index >= 15 is 0 Å². The van der Waals surface area contributed by atoms with Crippen LogP contribution < -0.4 is 10.2 Å². The number of benzene rings is 1. The molecule has 2 heteroatoms. The van der Waals surface area contributed by atoms with Crippen LogP contribution in [0.25, 0.3) is 0 Å². The number of hydrogen-bond acceptors (Lipinski definition) is 2. The fourth-order valence-corrected chi connectivity index (χ4v) is 3.36. The van der Waals surface area contributed by atoms with Crippen molar-refractivity contribution in [3.05, 3.63) is 30.3 Å². The van der Waals surface area contributed by atoms with Crippen molar-refractivity contribution in [2.45, 2.75) is 44.2 Å². The summed E-state index contributed by atoms with van der Waals surface area (Å²) in [6.07, 6.45) is 6.75. The second-order valence-electron chi connectivity index (χ2n) is 5.29. The SMILES string of the molecule is c1ccc(N2CCC[C@H]3NCCCC[C@H]32)cc1. The Hall–Kier alpha value is -1.02. The van der Waals surface area contributed by atoms with Gasteiger partial charge < -0.3 is 10.2 Å². The number of rotatable bonds is 1. The van der Waals surface area contributed by atoms with E-state index in [0.717, 1.165) is 0 Å². The maximum atomic E-state index is 3.74. The molecule has 0 aliphatic carbocycles. The lowest BCUT2D eigenvalue weighted by Gasteiger charge is -2.42. The van der Waals surface area contributed by atoms with Crippen molar-refractivity contribution in [1.82, 2.24) is 5.32 Å². The molecule has 0 aromatic heterocycles. The van der Waals surface area contributed by atoms with E-state index < -0.39 is 0 Å². The van der Waals surface area contributed by atoms with Gasteiger partial charge in [-0.1, -0.05) is 24.6 Å². The molecule has 92 valence electrons. The summed E-state index contributed by atoms with van der Waals surface area (Å²) in [6.45, 7) is 2.44. The van der Waals surface area contributed by atoms with E-state index in [-0.39, 0.29) is 0 Å². The smallest absolute Gasteiger partial charge is 0.0443 e. The van der Waals surface area contributed by atoms with Crippen LogP contribution in [-0.2, 0) is 0 Å². The number of fused-ring (bicyclic) bond motifs is 1. The molecule has 2 aliphatic rings. The summed E-state index contributed by atoms with van der Waals surface area (Å²) in [5.41, 5.74) is 1.41. The molecule has 0 bridgehead atoms. The zero-order valence-electron chi connectivity index (χ0n) is 10.4. The van der Waals surface area contributed by atoms with Crippen LogP contribution in [-0.4, -0.2) is 25.2 Å². The molecule has 1 N–H and O–H groups in total. The molecule has 0 saturated carbocycles. The maximum absolute atomic E-state index is 3.74. The minimum Gasteiger partial charge on any atom is -0.367 e. The highest BCUT2D eigenvalue weighted by atomic mass is 15.2. The van der Waals surface area contributed by atoms with E-state index in [0.29, 0.717) is 12.1 Å². The van der Waals surface area contributed by atoms with Gasteiger partial charge in [0, 0.05) is 24.3 Å². The average molecular weight is 230 g/mol. The minimum absolute atomic E-state index is 0.714. The third kappa shape index (κ3) is 2.32. The first-order valence-corrected chi connectivity index (χ1v) is 7.00. The van der Waals surface area contributed by atoms with Gasteiger partial charge in [-0.15, -0.1) is 0 Å². The quantitative estimate of drug-likeness (QED) is 0.798. The molecule has 2 fully saturated rings. The molecule has 0 spiro atoms. The Bertz CT molecular complexity index is 349. The van der Waals surface area contributed by atoms with Gasteiger partial charge in [0.25, 0.3) is 0 Å². The van der Waals surface area contributed by atoms with Crippen LogP contribution in [0.4, 0.5) is 5.69 Å². The molecule has 1 aromatic rings. The van der Waals surface area contributed by atoms with E-state index in [1.807, 2.05) is 0 Å². The van der Waals surface area contributed by atoms with Crippen molar-refractivity contribution in [2.75, 3.05) is 18.0 Å². The summed E-state index contributed by atoms with van der Waals surface area (Å²) in [5.74, 6) is 0. The predicted molar refractivity (Wildman–Crippen MR) is 72.5 cm³/mol. The Kier molecular flexibility index (Phi) is 3.32. The molecule has 0 radical (unpaired) electrons. The Balaban J connectivity index is 1.83. The molecule has 1 aromatic carbocycles. The van der Waals surface area contributed by atoms with E-state index in [9.17, 15) is 0 Å². The van der Waals surface area contributed by atoms with Crippen LogP contribution in [0, 0.1) is 0 Å². The molecule has 2 atom stereocenters.